The summed E-state index contributed by atoms with van der Waals surface area (Å²) in [6, 6.07) is 19.1. The Bertz CT molecular complexity index is 1400. The minimum Gasteiger partial charge on any atom is -0.492 e. The van der Waals surface area contributed by atoms with Crippen LogP contribution in [0.15, 0.2) is 83.8 Å². The summed E-state index contributed by atoms with van der Waals surface area (Å²) in [4.78, 5) is 28.2. The maximum absolute atomic E-state index is 14.7. The number of hydrogen-bond donors (Lipinski definition) is 1. The first-order chi connectivity index (χ1) is 19.1. The Labute approximate surface area is 235 Å². The molecule has 0 aromatic heterocycles. The smallest absolute Gasteiger partial charge is 0.264 e. The summed E-state index contributed by atoms with van der Waals surface area (Å²) in [5.41, 5.74) is 0.371. The summed E-state index contributed by atoms with van der Waals surface area (Å²) in [5, 5.41) is 2.85. The van der Waals surface area contributed by atoms with Crippen molar-refractivity contribution in [1.82, 2.24) is 10.2 Å². The van der Waals surface area contributed by atoms with Crippen molar-refractivity contribution in [2.75, 3.05) is 17.5 Å². The van der Waals surface area contributed by atoms with Gasteiger partial charge in [0.25, 0.3) is 10.0 Å². The predicted molar refractivity (Wildman–Crippen MR) is 153 cm³/mol. The first-order valence-corrected chi connectivity index (χ1v) is 14.7. The minimum atomic E-state index is -4.24. The normalized spacial score (nSPS) is 12.7. The van der Waals surface area contributed by atoms with Gasteiger partial charge in [-0.05, 0) is 57.5 Å². The molecule has 0 aliphatic carbocycles. The first kappa shape index (κ1) is 30.6. The molecule has 0 saturated carbocycles. The molecule has 0 radical (unpaired) electrons. The van der Waals surface area contributed by atoms with Crippen LogP contribution in [-0.4, -0.2) is 50.4 Å². The fourth-order valence-corrected chi connectivity index (χ4v) is 5.48. The average molecular weight is 570 g/mol. The van der Waals surface area contributed by atoms with Crippen LogP contribution in [0.25, 0.3) is 0 Å². The van der Waals surface area contributed by atoms with E-state index < -0.39 is 40.2 Å². The lowest BCUT2D eigenvalue weighted by Gasteiger charge is -2.33. The molecule has 0 bridgehead atoms. The molecule has 214 valence electrons. The maximum Gasteiger partial charge on any atom is 0.264 e. The molecule has 3 aromatic rings. The zero-order valence-electron chi connectivity index (χ0n) is 23.2. The quantitative estimate of drug-likeness (QED) is 0.321. The Hall–Kier alpha value is -3.92. The number of halogens is 1. The molecule has 1 N–H and O–H groups in total. The van der Waals surface area contributed by atoms with Gasteiger partial charge in [0.05, 0.1) is 17.2 Å². The molecule has 3 aromatic carbocycles. The maximum atomic E-state index is 14.7. The lowest BCUT2D eigenvalue weighted by Crippen LogP contribution is -2.52. The van der Waals surface area contributed by atoms with E-state index in [0.717, 1.165) is 4.31 Å². The SMILES string of the molecule is CCOc1ccccc1N(CC(=O)N(Cc1ccccc1F)C(C)C(=O)NC(C)CC)S(=O)(=O)c1ccccc1. The van der Waals surface area contributed by atoms with Gasteiger partial charge >= 0.3 is 0 Å². The molecule has 3 rings (SSSR count). The molecular formula is C30H36FN3O5S. The van der Waals surface area contributed by atoms with Crippen LogP contribution in [0.1, 0.15) is 39.7 Å². The summed E-state index contributed by atoms with van der Waals surface area (Å²) in [6.07, 6.45) is 0.678. The lowest BCUT2D eigenvalue weighted by atomic mass is 10.1. The van der Waals surface area contributed by atoms with Crippen LogP contribution in [0, 0.1) is 5.82 Å². The predicted octanol–water partition coefficient (Wildman–Crippen LogP) is 4.75. The molecule has 0 spiro atoms. The molecule has 2 amide bonds. The van der Waals surface area contributed by atoms with Crippen molar-refractivity contribution in [3.63, 3.8) is 0 Å². The Morgan fingerprint density at radius 3 is 2.20 bits per heavy atom. The third kappa shape index (κ3) is 7.38. The molecule has 0 aliphatic heterocycles. The Morgan fingerprint density at radius 1 is 0.925 bits per heavy atom. The largest absolute Gasteiger partial charge is 0.492 e. The van der Waals surface area contributed by atoms with Gasteiger partial charge in [0.15, 0.2) is 0 Å². The number of benzene rings is 3. The number of hydrogen-bond acceptors (Lipinski definition) is 5. The second-order valence-corrected chi connectivity index (χ2v) is 11.2. The van der Waals surface area contributed by atoms with E-state index in [-0.39, 0.29) is 41.1 Å². The zero-order valence-corrected chi connectivity index (χ0v) is 24.0. The Balaban J connectivity index is 2.07. The van der Waals surface area contributed by atoms with Crippen molar-refractivity contribution in [2.45, 2.75) is 57.6 Å². The molecule has 0 aliphatic rings. The molecule has 10 heteroatoms. The van der Waals surface area contributed by atoms with Crippen molar-refractivity contribution in [1.29, 1.82) is 0 Å². The first-order valence-electron chi connectivity index (χ1n) is 13.2. The van der Waals surface area contributed by atoms with E-state index in [1.165, 1.54) is 35.2 Å². The third-order valence-electron chi connectivity index (χ3n) is 6.51. The van der Waals surface area contributed by atoms with E-state index in [9.17, 15) is 22.4 Å². The topological polar surface area (TPSA) is 96.0 Å². The van der Waals surface area contributed by atoms with Crippen molar-refractivity contribution in [3.05, 3.63) is 90.2 Å². The molecule has 2 unspecified atom stereocenters. The Kier molecular flexibility index (Phi) is 10.7. The number of sulfonamides is 1. The van der Waals surface area contributed by atoms with E-state index in [1.807, 2.05) is 13.8 Å². The summed E-state index contributed by atoms with van der Waals surface area (Å²) in [7, 11) is -4.24. The number of nitrogens with one attached hydrogen (secondary N) is 1. The van der Waals surface area contributed by atoms with Gasteiger partial charge in [0, 0.05) is 18.2 Å². The highest BCUT2D eigenvalue weighted by Gasteiger charge is 2.34. The van der Waals surface area contributed by atoms with Gasteiger partial charge in [-0.25, -0.2) is 12.8 Å². The molecule has 2 atom stereocenters. The number of carbonyl (C=O) groups is 2. The number of rotatable bonds is 13. The van der Waals surface area contributed by atoms with Crippen LogP contribution < -0.4 is 14.4 Å². The van der Waals surface area contributed by atoms with Crippen LogP contribution in [0.3, 0.4) is 0 Å². The van der Waals surface area contributed by atoms with Crippen molar-refractivity contribution in [3.8, 4) is 5.75 Å². The van der Waals surface area contributed by atoms with Crippen molar-refractivity contribution >= 4 is 27.5 Å². The van der Waals surface area contributed by atoms with Gasteiger partial charge in [-0.15, -0.1) is 0 Å². The number of nitrogens with zero attached hydrogens (tertiary/aromatic N) is 2. The molecular weight excluding hydrogens is 533 g/mol. The zero-order chi connectivity index (χ0) is 29.3. The summed E-state index contributed by atoms with van der Waals surface area (Å²) in [6.45, 7) is 6.47. The number of amides is 2. The van der Waals surface area contributed by atoms with Crippen LogP contribution in [0.4, 0.5) is 10.1 Å². The lowest BCUT2D eigenvalue weighted by molar-refractivity contribution is -0.139. The van der Waals surface area contributed by atoms with Gasteiger partial charge in [-0.3, -0.25) is 13.9 Å². The van der Waals surface area contributed by atoms with Crippen LogP contribution in [-0.2, 0) is 26.2 Å². The molecule has 0 heterocycles. The van der Waals surface area contributed by atoms with E-state index in [0.29, 0.717) is 6.42 Å². The molecule has 0 fully saturated rings. The van der Waals surface area contributed by atoms with Gasteiger partial charge in [0.1, 0.15) is 24.2 Å². The highest BCUT2D eigenvalue weighted by Crippen LogP contribution is 2.33. The summed E-state index contributed by atoms with van der Waals surface area (Å²) < 4.78 is 49.1. The second-order valence-electron chi connectivity index (χ2n) is 9.33. The van der Waals surface area contributed by atoms with Crippen molar-refractivity contribution in [2.24, 2.45) is 0 Å². The van der Waals surface area contributed by atoms with Crippen LogP contribution in [0.2, 0.25) is 0 Å². The van der Waals surface area contributed by atoms with Crippen LogP contribution in [0.5, 0.6) is 5.75 Å². The molecule has 8 nitrogen and oxygen atoms in total. The van der Waals surface area contributed by atoms with E-state index in [2.05, 4.69) is 5.32 Å². The van der Waals surface area contributed by atoms with Crippen molar-refractivity contribution < 1.29 is 27.1 Å². The van der Waals surface area contributed by atoms with E-state index in [4.69, 9.17) is 4.74 Å². The monoisotopic (exact) mass is 569 g/mol. The average Bonchev–Trinajstić information content (AvgIpc) is 2.96. The molecule has 0 saturated heterocycles. The molecule has 40 heavy (non-hydrogen) atoms. The number of carbonyl (C=O) groups excluding carboxylic acids is 2. The minimum absolute atomic E-state index is 0.0164. The van der Waals surface area contributed by atoms with Gasteiger partial charge in [-0.1, -0.05) is 55.5 Å². The van der Waals surface area contributed by atoms with Gasteiger partial charge in [0.2, 0.25) is 11.8 Å². The standard InChI is InChI=1S/C30H36FN3O5S/c1-5-22(3)32-30(36)23(4)33(20-24-14-10-11-17-26(24)31)29(35)21-34(27-18-12-13-19-28(27)39-6-2)40(37,38)25-15-8-7-9-16-25/h7-19,22-23H,5-6,20-21H2,1-4H3,(H,32,36). The number of para-hydroxylation sites is 2. The van der Waals surface area contributed by atoms with E-state index in [1.54, 1.807) is 62.4 Å². The highest BCUT2D eigenvalue weighted by atomic mass is 32.2. The fourth-order valence-electron chi connectivity index (χ4n) is 4.03. The number of ether oxygens (including phenoxy) is 1. The van der Waals surface area contributed by atoms with Gasteiger partial charge in [-0.2, -0.15) is 0 Å². The van der Waals surface area contributed by atoms with E-state index >= 15 is 0 Å². The van der Waals surface area contributed by atoms with Gasteiger partial charge < -0.3 is 15.0 Å². The second kappa shape index (κ2) is 13.9. The summed E-state index contributed by atoms with van der Waals surface area (Å²) in [5.74, 6) is -1.36. The highest BCUT2D eigenvalue weighted by molar-refractivity contribution is 7.92. The van der Waals surface area contributed by atoms with Crippen LogP contribution >= 0.6 is 0 Å². The third-order valence-corrected chi connectivity index (χ3v) is 8.28. The summed E-state index contributed by atoms with van der Waals surface area (Å²) >= 11 is 0. The Morgan fingerprint density at radius 2 is 1.55 bits per heavy atom. The number of anilines is 1. The fraction of sp³-hybridized carbons (Fsp3) is 0.333.